The fourth-order valence-electron chi connectivity index (χ4n) is 4.53. The number of ketones is 1. The Balaban J connectivity index is 1.54. The molecule has 0 unspecified atom stereocenters. The van der Waals surface area contributed by atoms with Crippen LogP contribution in [-0.2, 0) is 25.8 Å². The van der Waals surface area contributed by atoms with E-state index in [0.29, 0.717) is 30.0 Å². The van der Waals surface area contributed by atoms with E-state index in [9.17, 15) is 18.0 Å². The second-order valence-corrected chi connectivity index (χ2v) is 11.5. The van der Waals surface area contributed by atoms with Gasteiger partial charge in [0.15, 0.2) is 9.84 Å². The second-order valence-electron chi connectivity index (χ2n) is 9.24. The number of carbonyl (C=O) groups is 2. The van der Waals surface area contributed by atoms with Crippen molar-refractivity contribution in [2.75, 3.05) is 13.1 Å². The molecule has 1 aliphatic heterocycles. The lowest BCUT2D eigenvalue weighted by molar-refractivity contribution is -0.129. The Bertz CT molecular complexity index is 1110. The number of benzene rings is 1. The molecule has 0 radical (unpaired) electrons. The minimum Gasteiger partial charge on any atom is -0.342 e. The van der Waals surface area contributed by atoms with Gasteiger partial charge < -0.3 is 4.90 Å². The number of Topliss-reactive ketones (excluding diaryl/α,β-unsaturated/α-hetero) is 1. The maximum absolute atomic E-state index is 13.4. The highest BCUT2D eigenvalue weighted by molar-refractivity contribution is 7.92. The molecule has 176 valence electrons. The number of sulfone groups is 1. The van der Waals surface area contributed by atoms with Gasteiger partial charge in [0, 0.05) is 37.8 Å². The van der Waals surface area contributed by atoms with Crippen LogP contribution >= 0.6 is 0 Å². The zero-order valence-corrected chi connectivity index (χ0v) is 20.1. The van der Waals surface area contributed by atoms with Gasteiger partial charge in [0.1, 0.15) is 5.78 Å². The van der Waals surface area contributed by atoms with Crippen molar-refractivity contribution in [3.63, 3.8) is 0 Å². The van der Waals surface area contributed by atoms with Gasteiger partial charge in [-0.15, -0.1) is 0 Å². The average molecular weight is 470 g/mol. The summed E-state index contributed by atoms with van der Waals surface area (Å²) in [5.74, 6) is 0.0250. The van der Waals surface area contributed by atoms with Crippen LogP contribution in [0.1, 0.15) is 61.9 Å². The first-order valence-electron chi connectivity index (χ1n) is 11.7. The fraction of sp³-hybridized carbons (Fsp3) is 0.520. The third kappa shape index (κ3) is 5.49. The average Bonchev–Trinajstić information content (AvgIpc) is 3.58. The second kappa shape index (κ2) is 9.71. The zero-order chi connectivity index (χ0) is 23.6. The van der Waals surface area contributed by atoms with Crippen LogP contribution < -0.4 is 0 Å². The van der Waals surface area contributed by atoms with E-state index in [1.54, 1.807) is 36.7 Å². The van der Waals surface area contributed by atoms with Crippen molar-refractivity contribution in [3.05, 3.63) is 53.6 Å². The molecular formula is C25H31N3O4S. The predicted molar refractivity (Wildman–Crippen MR) is 124 cm³/mol. The van der Waals surface area contributed by atoms with Crippen molar-refractivity contribution < 1.29 is 18.0 Å². The van der Waals surface area contributed by atoms with Crippen molar-refractivity contribution in [1.82, 2.24) is 14.9 Å². The molecule has 1 aliphatic carbocycles. The van der Waals surface area contributed by atoms with Crippen molar-refractivity contribution in [2.24, 2.45) is 5.92 Å². The molecule has 8 heteroatoms. The molecule has 2 atom stereocenters. The smallest absolute Gasteiger partial charge is 0.222 e. The Morgan fingerprint density at radius 3 is 2.42 bits per heavy atom. The van der Waals surface area contributed by atoms with Crippen LogP contribution in [0.3, 0.4) is 0 Å². The van der Waals surface area contributed by atoms with Crippen LogP contribution in [0.2, 0.25) is 0 Å². The van der Waals surface area contributed by atoms with Gasteiger partial charge in [-0.1, -0.05) is 19.1 Å². The van der Waals surface area contributed by atoms with Crippen LogP contribution in [0.25, 0.3) is 0 Å². The molecule has 1 aromatic carbocycles. The SMILES string of the molecule is CCC(=O)N1CC[C@H](C[C@@H](C(=O)Cc2cnc(C)cn2)c2ccc(S(=O)(=O)C3CC3)cc2)C1. The predicted octanol–water partition coefficient (Wildman–Crippen LogP) is 3.27. The topological polar surface area (TPSA) is 97.3 Å². The maximum Gasteiger partial charge on any atom is 0.222 e. The summed E-state index contributed by atoms with van der Waals surface area (Å²) in [5, 5.41) is -0.263. The molecule has 2 aliphatic rings. The zero-order valence-electron chi connectivity index (χ0n) is 19.2. The Morgan fingerprint density at radius 2 is 1.82 bits per heavy atom. The van der Waals surface area contributed by atoms with E-state index in [2.05, 4.69) is 9.97 Å². The van der Waals surface area contributed by atoms with Gasteiger partial charge in [0.2, 0.25) is 5.91 Å². The fourth-order valence-corrected chi connectivity index (χ4v) is 6.19. The molecule has 2 aromatic rings. The highest BCUT2D eigenvalue weighted by Crippen LogP contribution is 2.35. The summed E-state index contributed by atoms with van der Waals surface area (Å²) in [4.78, 5) is 36.3. The van der Waals surface area contributed by atoms with Crippen LogP contribution in [0.15, 0.2) is 41.6 Å². The first kappa shape index (κ1) is 23.5. The molecular weight excluding hydrogens is 438 g/mol. The van der Waals surface area contributed by atoms with Gasteiger partial charge in [0.05, 0.1) is 28.0 Å². The quantitative estimate of drug-likeness (QED) is 0.559. The highest BCUT2D eigenvalue weighted by atomic mass is 32.2. The number of likely N-dealkylation sites (tertiary alicyclic amines) is 1. The monoisotopic (exact) mass is 469 g/mol. The van der Waals surface area contributed by atoms with Gasteiger partial charge in [0.25, 0.3) is 0 Å². The van der Waals surface area contributed by atoms with Gasteiger partial charge >= 0.3 is 0 Å². The van der Waals surface area contributed by atoms with E-state index >= 15 is 0 Å². The Hall–Kier alpha value is -2.61. The van der Waals surface area contributed by atoms with Crippen LogP contribution in [-0.4, -0.2) is 53.3 Å². The first-order chi connectivity index (χ1) is 15.8. The number of aromatic nitrogens is 2. The van der Waals surface area contributed by atoms with Gasteiger partial charge in [-0.25, -0.2) is 8.42 Å². The minimum atomic E-state index is -3.27. The van der Waals surface area contributed by atoms with E-state index < -0.39 is 9.84 Å². The summed E-state index contributed by atoms with van der Waals surface area (Å²) in [6.45, 7) is 5.10. The number of nitrogens with zero attached hydrogens (tertiary/aromatic N) is 3. The Labute approximate surface area is 195 Å². The van der Waals surface area contributed by atoms with Crippen LogP contribution in [0, 0.1) is 12.8 Å². The molecule has 4 rings (SSSR count). The van der Waals surface area contributed by atoms with Crippen molar-refractivity contribution in [3.8, 4) is 0 Å². The summed E-state index contributed by atoms with van der Waals surface area (Å²) in [6, 6.07) is 6.83. The van der Waals surface area contributed by atoms with E-state index in [1.807, 2.05) is 18.7 Å². The highest BCUT2D eigenvalue weighted by Gasteiger charge is 2.37. The van der Waals surface area contributed by atoms with E-state index in [1.165, 1.54) is 0 Å². The van der Waals surface area contributed by atoms with Crippen molar-refractivity contribution in [2.45, 2.75) is 68.4 Å². The van der Waals surface area contributed by atoms with Crippen molar-refractivity contribution in [1.29, 1.82) is 0 Å². The maximum atomic E-state index is 13.4. The number of hydrogen-bond acceptors (Lipinski definition) is 6. The number of amides is 1. The molecule has 1 saturated carbocycles. The van der Waals surface area contributed by atoms with Gasteiger partial charge in [-0.05, 0) is 56.2 Å². The first-order valence-corrected chi connectivity index (χ1v) is 13.2. The number of rotatable bonds is 9. The molecule has 2 heterocycles. The van der Waals surface area contributed by atoms with Gasteiger partial charge in [-0.3, -0.25) is 19.6 Å². The normalized spacial score (nSPS) is 19.5. The molecule has 1 amide bonds. The summed E-state index contributed by atoms with van der Waals surface area (Å²) < 4.78 is 25.1. The number of carbonyl (C=O) groups excluding carboxylic acids is 2. The minimum absolute atomic E-state index is 0.0335. The lowest BCUT2D eigenvalue weighted by Gasteiger charge is -2.21. The van der Waals surface area contributed by atoms with E-state index in [-0.39, 0.29) is 35.2 Å². The van der Waals surface area contributed by atoms with Crippen LogP contribution in [0.5, 0.6) is 0 Å². The summed E-state index contributed by atoms with van der Waals surface area (Å²) in [5.41, 5.74) is 2.23. The lowest BCUT2D eigenvalue weighted by atomic mass is 9.84. The summed E-state index contributed by atoms with van der Waals surface area (Å²) in [6.07, 6.45) is 6.87. The number of aryl methyl sites for hydroxylation is 1. The largest absolute Gasteiger partial charge is 0.342 e. The molecule has 0 N–H and O–H groups in total. The van der Waals surface area contributed by atoms with E-state index in [4.69, 9.17) is 0 Å². The third-order valence-corrected chi connectivity index (χ3v) is 8.94. The molecule has 1 saturated heterocycles. The molecule has 1 aromatic heterocycles. The van der Waals surface area contributed by atoms with Gasteiger partial charge in [-0.2, -0.15) is 0 Å². The molecule has 33 heavy (non-hydrogen) atoms. The molecule has 0 spiro atoms. The summed E-state index contributed by atoms with van der Waals surface area (Å²) in [7, 11) is -3.27. The molecule has 2 fully saturated rings. The van der Waals surface area contributed by atoms with Crippen LogP contribution in [0.4, 0.5) is 0 Å². The lowest BCUT2D eigenvalue weighted by Crippen LogP contribution is -2.28. The van der Waals surface area contributed by atoms with E-state index in [0.717, 1.165) is 37.1 Å². The molecule has 7 nitrogen and oxygen atoms in total. The Morgan fingerprint density at radius 1 is 1.09 bits per heavy atom. The third-order valence-electron chi connectivity index (χ3n) is 6.66. The Kier molecular flexibility index (Phi) is 6.93. The number of hydrogen-bond donors (Lipinski definition) is 0. The standard InChI is InChI=1S/C25H31N3O4S/c1-3-25(30)28-11-10-18(16-28)12-23(24(29)13-20-15-26-17(2)14-27-20)19-4-6-21(7-5-19)33(31,32)22-8-9-22/h4-7,14-15,18,22-23H,3,8-13,16H2,1-2H3/t18-,23-/m1/s1. The summed E-state index contributed by atoms with van der Waals surface area (Å²) >= 11 is 0. The molecule has 0 bridgehead atoms. The van der Waals surface area contributed by atoms with Crippen molar-refractivity contribution >= 4 is 21.5 Å².